The summed E-state index contributed by atoms with van der Waals surface area (Å²) in [7, 11) is 0. The largest absolute Gasteiger partial charge is 0.392 e. The highest BCUT2D eigenvalue weighted by atomic mass is 35.5. The van der Waals surface area contributed by atoms with Crippen LogP contribution < -0.4 is 5.32 Å². The van der Waals surface area contributed by atoms with E-state index in [9.17, 15) is 9.90 Å². The van der Waals surface area contributed by atoms with Crippen LogP contribution in [-0.2, 0) is 4.79 Å². The lowest BCUT2D eigenvalue weighted by Gasteiger charge is -2.34. The molecule has 1 amide bonds. The Morgan fingerprint density at radius 1 is 1.59 bits per heavy atom. The quantitative estimate of drug-likeness (QED) is 0.891. The van der Waals surface area contributed by atoms with Gasteiger partial charge in [-0.3, -0.25) is 4.79 Å². The highest BCUT2D eigenvalue weighted by Gasteiger charge is 2.24. The van der Waals surface area contributed by atoms with Gasteiger partial charge in [0.05, 0.1) is 16.7 Å². The summed E-state index contributed by atoms with van der Waals surface area (Å²) >= 11 is 5.93. The van der Waals surface area contributed by atoms with Gasteiger partial charge >= 0.3 is 0 Å². The number of amides is 1. The molecule has 2 atom stereocenters. The van der Waals surface area contributed by atoms with E-state index in [-0.39, 0.29) is 12.0 Å². The summed E-state index contributed by atoms with van der Waals surface area (Å²) in [5.41, 5.74) is 0.970. The maximum Gasteiger partial charge on any atom is 0.225 e. The van der Waals surface area contributed by atoms with E-state index in [1.807, 2.05) is 13.0 Å². The van der Waals surface area contributed by atoms with Crippen LogP contribution in [0.15, 0.2) is 18.2 Å². The van der Waals surface area contributed by atoms with E-state index in [0.717, 1.165) is 13.0 Å². The number of halogens is 1. The number of nitriles is 1. The predicted octanol–water partition coefficient (Wildman–Crippen LogP) is 2.24. The maximum absolute atomic E-state index is 12.0. The molecule has 118 valence electrons. The van der Waals surface area contributed by atoms with Crippen LogP contribution in [0, 0.1) is 17.2 Å². The van der Waals surface area contributed by atoms with Crippen LogP contribution in [0.25, 0.3) is 0 Å². The van der Waals surface area contributed by atoms with Gasteiger partial charge in [0.1, 0.15) is 6.07 Å². The molecule has 5 nitrogen and oxygen atoms in total. The van der Waals surface area contributed by atoms with Gasteiger partial charge in [-0.1, -0.05) is 18.5 Å². The zero-order valence-electron chi connectivity index (χ0n) is 12.6. The zero-order chi connectivity index (χ0) is 16.1. The molecule has 1 aromatic carbocycles. The number of β-amino-alcohol motifs (C(OH)–C–C–N with tert-alkyl or cyclic N) is 1. The summed E-state index contributed by atoms with van der Waals surface area (Å²) in [5.74, 6) is 0.222. The van der Waals surface area contributed by atoms with Crippen molar-refractivity contribution in [3.8, 4) is 6.07 Å². The second kappa shape index (κ2) is 7.59. The minimum Gasteiger partial charge on any atom is -0.392 e. The Hall–Kier alpha value is -1.61. The van der Waals surface area contributed by atoms with Crippen LogP contribution in [0.2, 0.25) is 5.02 Å². The molecule has 0 aliphatic carbocycles. The molecule has 0 aromatic heterocycles. The molecule has 0 radical (unpaired) electrons. The number of aliphatic hydroxyl groups excluding tert-OH is 1. The number of carbonyl (C=O) groups excluding carboxylic acids is 1. The van der Waals surface area contributed by atoms with Crippen LogP contribution in [0.4, 0.5) is 5.69 Å². The maximum atomic E-state index is 12.0. The minimum absolute atomic E-state index is 0.103. The number of nitrogens with zero attached hydrogens (tertiary/aromatic N) is 2. The second-order valence-electron chi connectivity index (χ2n) is 5.74. The van der Waals surface area contributed by atoms with Gasteiger partial charge in [-0.15, -0.1) is 0 Å². The van der Waals surface area contributed by atoms with Crippen LogP contribution in [0.1, 0.15) is 25.3 Å². The Bertz CT molecular complexity index is 585. The van der Waals surface area contributed by atoms with Crippen LogP contribution in [0.3, 0.4) is 0 Å². The number of hydrogen-bond acceptors (Lipinski definition) is 4. The predicted molar refractivity (Wildman–Crippen MR) is 85.6 cm³/mol. The van der Waals surface area contributed by atoms with Crippen molar-refractivity contribution in [2.75, 3.05) is 25.0 Å². The van der Waals surface area contributed by atoms with Crippen molar-refractivity contribution >= 4 is 23.2 Å². The molecular formula is C16H20ClN3O2. The smallest absolute Gasteiger partial charge is 0.225 e. The van der Waals surface area contributed by atoms with Gasteiger partial charge in [0, 0.05) is 25.2 Å². The molecule has 22 heavy (non-hydrogen) atoms. The third-order valence-electron chi connectivity index (χ3n) is 4.03. The van der Waals surface area contributed by atoms with Gasteiger partial charge in [-0.05, 0) is 37.1 Å². The highest BCUT2D eigenvalue weighted by molar-refractivity contribution is 6.32. The first-order chi connectivity index (χ1) is 10.5. The number of likely N-dealkylation sites (tertiary alicyclic amines) is 1. The van der Waals surface area contributed by atoms with Crippen molar-refractivity contribution in [2.45, 2.75) is 25.9 Å². The number of rotatable bonds is 4. The molecule has 1 heterocycles. The lowest BCUT2D eigenvalue weighted by atomic mass is 9.96. The van der Waals surface area contributed by atoms with E-state index in [0.29, 0.717) is 41.7 Å². The van der Waals surface area contributed by atoms with Crippen molar-refractivity contribution in [3.05, 3.63) is 28.8 Å². The Labute approximate surface area is 135 Å². The molecule has 2 N–H and O–H groups in total. The van der Waals surface area contributed by atoms with Gasteiger partial charge < -0.3 is 15.3 Å². The standard InChI is InChI=1S/C16H20ClN3O2/c1-11-4-6-20(10-15(11)21)7-5-16(22)19-13-3-2-12(9-18)14(17)8-13/h2-3,8,11,15,21H,4-7,10H2,1H3,(H,19,22). The summed E-state index contributed by atoms with van der Waals surface area (Å²) < 4.78 is 0. The van der Waals surface area contributed by atoms with Crippen LogP contribution in [0.5, 0.6) is 0 Å². The first kappa shape index (κ1) is 16.8. The summed E-state index contributed by atoms with van der Waals surface area (Å²) in [5, 5.41) is 21.8. The number of aliphatic hydroxyl groups is 1. The summed E-state index contributed by atoms with van der Waals surface area (Å²) in [4.78, 5) is 14.1. The van der Waals surface area contributed by atoms with E-state index in [2.05, 4.69) is 10.2 Å². The third kappa shape index (κ3) is 4.44. The Balaban J connectivity index is 1.81. The number of benzene rings is 1. The van der Waals surface area contributed by atoms with E-state index in [1.54, 1.807) is 18.2 Å². The molecule has 1 aromatic rings. The Kier molecular flexibility index (Phi) is 5.78. The molecule has 2 unspecified atom stereocenters. The molecular weight excluding hydrogens is 302 g/mol. The van der Waals surface area contributed by atoms with Crippen molar-refractivity contribution in [2.24, 2.45) is 5.92 Å². The first-order valence-corrected chi connectivity index (χ1v) is 7.77. The van der Waals surface area contributed by atoms with Gasteiger partial charge in [-0.25, -0.2) is 0 Å². The van der Waals surface area contributed by atoms with E-state index in [1.165, 1.54) is 0 Å². The number of carbonyl (C=O) groups is 1. The molecule has 1 saturated heterocycles. The highest BCUT2D eigenvalue weighted by Crippen LogP contribution is 2.20. The van der Waals surface area contributed by atoms with E-state index in [4.69, 9.17) is 16.9 Å². The summed E-state index contributed by atoms with van der Waals surface area (Å²) in [6.07, 6.45) is 1.00. The molecule has 0 spiro atoms. The van der Waals surface area contributed by atoms with E-state index >= 15 is 0 Å². The third-order valence-corrected chi connectivity index (χ3v) is 4.34. The van der Waals surface area contributed by atoms with Gasteiger partial charge in [0.15, 0.2) is 0 Å². The summed E-state index contributed by atoms with van der Waals surface area (Å²) in [6.45, 7) is 4.20. The second-order valence-corrected chi connectivity index (χ2v) is 6.15. The fraction of sp³-hybridized carbons (Fsp3) is 0.500. The average molecular weight is 322 g/mol. The van der Waals surface area contributed by atoms with Crippen LogP contribution in [-0.4, -0.2) is 41.7 Å². The topological polar surface area (TPSA) is 76.4 Å². The number of hydrogen-bond donors (Lipinski definition) is 2. The Morgan fingerprint density at radius 2 is 2.36 bits per heavy atom. The molecule has 1 aliphatic rings. The van der Waals surface area contributed by atoms with E-state index < -0.39 is 0 Å². The molecule has 1 fully saturated rings. The van der Waals surface area contributed by atoms with Crippen LogP contribution >= 0.6 is 11.6 Å². The molecule has 0 saturated carbocycles. The summed E-state index contributed by atoms with van der Waals surface area (Å²) in [6, 6.07) is 6.80. The SMILES string of the molecule is CC1CCN(CCC(=O)Nc2ccc(C#N)c(Cl)c2)CC1O. The van der Waals surface area contributed by atoms with Crippen molar-refractivity contribution < 1.29 is 9.90 Å². The lowest BCUT2D eigenvalue weighted by molar-refractivity contribution is -0.116. The van der Waals surface area contributed by atoms with Gasteiger partial charge in [0.25, 0.3) is 0 Å². The Morgan fingerprint density at radius 3 is 3.00 bits per heavy atom. The monoisotopic (exact) mass is 321 g/mol. The molecule has 1 aliphatic heterocycles. The zero-order valence-corrected chi connectivity index (χ0v) is 13.3. The fourth-order valence-electron chi connectivity index (χ4n) is 2.48. The number of nitrogens with one attached hydrogen (secondary N) is 1. The lowest BCUT2D eigenvalue weighted by Crippen LogP contribution is -2.43. The van der Waals surface area contributed by atoms with Crippen molar-refractivity contribution in [1.82, 2.24) is 4.90 Å². The van der Waals surface area contributed by atoms with Gasteiger partial charge in [0.2, 0.25) is 5.91 Å². The molecule has 6 heteroatoms. The number of anilines is 1. The number of piperidine rings is 1. The fourth-order valence-corrected chi connectivity index (χ4v) is 2.71. The first-order valence-electron chi connectivity index (χ1n) is 7.39. The van der Waals surface area contributed by atoms with Crippen molar-refractivity contribution in [1.29, 1.82) is 5.26 Å². The normalized spacial score (nSPS) is 22.1. The molecule has 2 rings (SSSR count). The minimum atomic E-state index is -0.311. The molecule has 0 bridgehead atoms. The van der Waals surface area contributed by atoms with Gasteiger partial charge in [-0.2, -0.15) is 5.26 Å². The van der Waals surface area contributed by atoms with Crippen molar-refractivity contribution in [3.63, 3.8) is 0 Å². The average Bonchev–Trinajstić information content (AvgIpc) is 2.49.